The van der Waals surface area contributed by atoms with E-state index < -0.39 is 18.6 Å². The van der Waals surface area contributed by atoms with Gasteiger partial charge in [-0.1, -0.05) is 0 Å². The van der Waals surface area contributed by atoms with Crippen molar-refractivity contribution in [1.29, 1.82) is 0 Å². The Labute approximate surface area is 159 Å². The summed E-state index contributed by atoms with van der Waals surface area (Å²) in [5.74, 6) is -0.975. The van der Waals surface area contributed by atoms with Crippen LogP contribution in [0.2, 0.25) is 0 Å². The van der Waals surface area contributed by atoms with Gasteiger partial charge in [0.15, 0.2) is 5.69 Å². The number of alkyl halides is 3. The van der Waals surface area contributed by atoms with Crippen molar-refractivity contribution in [2.24, 2.45) is 0 Å². The molecule has 3 rings (SSSR count). The fraction of sp³-hybridized carbons (Fsp3) is 0.444. The van der Waals surface area contributed by atoms with Gasteiger partial charge in [-0.25, -0.2) is 4.79 Å². The van der Waals surface area contributed by atoms with Crippen molar-refractivity contribution in [1.82, 2.24) is 19.7 Å². The van der Waals surface area contributed by atoms with Gasteiger partial charge in [0.1, 0.15) is 0 Å². The second kappa shape index (κ2) is 7.99. The standard InChI is InChI=1S/C18H19F3N4O3/c1-2-28-17(27)15-13-11-24(16(26)12-4-3-7-22-10-12)8-5-14(13)25(23-15)9-6-18(19,20)21/h3-4,7,10H,2,5-6,8-9,11H2,1H3. The maximum absolute atomic E-state index is 12.7. The molecular formula is C18H19F3N4O3. The highest BCUT2D eigenvalue weighted by Crippen LogP contribution is 2.27. The third kappa shape index (κ3) is 4.32. The maximum atomic E-state index is 12.7. The van der Waals surface area contributed by atoms with Crippen molar-refractivity contribution in [3.63, 3.8) is 0 Å². The molecule has 1 aliphatic rings. The van der Waals surface area contributed by atoms with E-state index in [0.717, 1.165) is 0 Å². The smallest absolute Gasteiger partial charge is 0.390 e. The molecule has 0 aromatic carbocycles. The molecule has 2 aromatic rings. The third-order valence-corrected chi connectivity index (χ3v) is 4.41. The van der Waals surface area contributed by atoms with Gasteiger partial charge in [0.25, 0.3) is 5.91 Å². The molecule has 0 N–H and O–H groups in total. The van der Waals surface area contributed by atoms with Crippen LogP contribution in [0.15, 0.2) is 24.5 Å². The third-order valence-electron chi connectivity index (χ3n) is 4.41. The van der Waals surface area contributed by atoms with Gasteiger partial charge < -0.3 is 9.64 Å². The van der Waals surface area contributed by atoms with Crippen molar-refractivity contribution in [2.75, 3.05) is 13.2 Å². The highest BCUT2D eigenvalue weighted by atomic mass is 19.4. The van der Waals surface area contributed by atoms with Crippen LogP contribution in [-0.4, -0.2) is 50.9 Å². The van der Waals surface area contributed by atoms with E-state index in [-0.39, 0.29) is 31.3 Å². The minimum absolute atomic E-state index is 0.0392. The highest BCUT2D eigenvalue weighted by Gasteiger charge is 2.33. The van der Waals surface area contributed by atoms with Crippen molar-refractivity contribution >= 4 is 11.9 Å². The van der Waals surface area contributed by atoms with Crippen molar-refractivity contribution in [3.8, 4) is 0 Å². The first-order valence-corrected chi connectivity index (χ1v) is 8.82. The molecule has 150 valence electrons. The first-order chi connectivity index (χ1) is 13.3. The number of hydrogen-bond donors (Lipinski definition) is 0. The number of amides is 1. The molecule has 1 amide bonds. The van der Waals surface area contributed by atoms with Crippen LogP contribution in [0.3, 0.4) is 0 Å². The van der Waals surface area contributed by atoms with E-state index >= 15 is 0 Å². The lowest BCUT2D eigenvalue weighted by molar-refractivity contribution is -0.137. The van der Waals surface area contributed by atoms with E-state index in [1.165, 1.54) is 15.8 Å². The van der Waals surface area contributed by atoms with Gasteiger partial charge >= 0.3 is 12.1 Å². The second-order valence-corrected chi connectivity index (χ2v) is 6.30. The van der Waals surface area contributed by atoms with Crippen molar-refractivity contribution < 1.29 is 27.5 Å². The number of esters is 1. The fourth-order valence-corrected chi connectivity index (χ4v) is 3.12. The molecule has 1 aliphatic heterocycles. The van der Waals surface area contributed by atoms with Gasteiger partial charge in [0.2, 0.25) is 0 Å². The van der Waals surface area contributed by atoms with Gasteiger partial charge in [-0.15, -0.1) is 0 Å². The zero-order valence-corrected chi connectivity index (χ0v) is 15.2. The Morgan fingerprint density at radius 2 is 2.11 bits per heavy atom. The maximum Gasteiger partial charge on any atom is 0.390 e. The fourth-order valence-electron chi connectivity index (χ4n) is 3.12. The largest absolute Gasteiger partial charge is 0.461 e. The van der Waals surface area contributed by atoms with E-state index in [4.69, 9.17) is 4.74 Å². The van der Waals surface area contributed by atoms with Crippen LogP contribution < -0.4 is 0 Å². The van der Waals surface area contributed by atoms with Crippen LogP contribution >= 0.6 is 0 Å². The Hall–Kier alpha value is -2.91. The van der Waals surface area contributed by atoms with Crippen LogP contribution in [0, 0.1) is 0 Å². The quantitative estimate of drug-likeness (QED) is 0.726. The summed E-state index contributed by atoms with van der Waals surface area (Å²) >= 11 is 0. The lowest BCUT2D eigenvalue weighted by Gasteiger charge is -2.28. The Morgan fingerprint density at radius 3 is 2.75 bits per heavy atom. The van der Waals surface area contributed by atoms with Crippen LogP contribution in [0.5, 0.6) is 0 Å². The number of hydrogen-bond acceptors (Lipinski definition) is 5. The summed E-state index contributed by atoms with van der Waals surface area (Å²) in [5, 5.41) is 4.07. The summed E-state index contributed by atoms with van der Waals surface area (Å²) in [6.45, 7) is 1.73. The number of carbonyl (C=O) groups is 2. The number of nitrogens with zero attached hydrogens (tertiary/aromatic N) is 4. The van der Waals surface area contributed by atoms with E-state index in [1.807, 2.05) is 0 Å². The van der Waals surface area contributed by atoms with E-state index in [1.54, 1.807) is 25.3 Å². The Bertz CT molecular complexity index is 865. The minimum atomic E-state index is -4.33. The van der Waals surface area contributed by atoms with Crippen LogP contribution in [0.25, 0.3) is 0 Å². The molecule has 0 fully saturated rings. The Balaban J connectivity index is 1.89. The predicted molar refractivity (Wildman–Crippen MR) is 91.5 cm³/mol. The molecule has 3 heterocycles. The minimum Gasteiger partial charge on any atom is -0.461 e. The molecule has 0 bridgehead atoms. The molecule has 28 heavy (non-hydrogen) atoms. The average Bonchev–Trinajstić information content (AvgIpc) is 3.04. The van der Waals surface area contributed by atoms with E-state index in [2.05, 4.69) is 10.1 Å². The molecular weight excluding hydrogens is 377 g/mol. The van der Waals surface area contributed by atoms with E-state index in [0.29, 0.717) is 29.8 Å². The number of carbonyl (C=O) groups excluding carboxylic acids is 2. The summed E-state index contributed by atoms with van der Waals surface area (Å²) in [5.41, 5.74) is 1.32. The van der Waals surface area contributed by atoms with E-state index in [9.17, 15) is 22.8 Å². The molecule has 2 aromatic heterocycles. The molecule has 0 aliphatic carbocycles. The van der Waals surface area contributed by atoms with Gasteiger partial charge in [-0.3, -0.25) is 14.5 Å². The van der Waals surface area contributed by atoms with Gasteiger partial charge in [0.05, 0.1) is 25.1 Å². The van der Waals surface area contributed by atoms with Crippen LogP contribution in [0.4, 0.5) is 13.2 Å². The molecule has 0 unspecified atom stereocenters. The molecule has 0 saturated carbocycles. The second-order valence-electron chi connectivity index (χ2n) is 6.30. The predicted octanol–water partition coefficient (Wildman–Crippen LogP) is 2.61. The lowest BCUT2D eigenvalue weighted by Crippen LogP contribution is -2.37. The van der Waals surface area contributed by atoms with Gasteiger partial charge in [0, 0.05) is 43.2 Å². The number of pyridine rings is 1. The van der Waals surface area contributed by atoms with Crippen molar-refractivity contribution in [2.45, 2.75) is 39.0 Å². The Kier molecular flexibility index (Phi) is 5.66. The summed E-state index contributed by atoms with van der Waals surface area (Å²) in [6, 6.07) is 3.27. The zero-order valence-electron chi connectivity index (χ0n) is 15.2. The number of fused-ring (bicyclic) bond motifs is 1. The number of aryl methyl sites for hydroxylation is 1. The van der Waals surface area contributed by atoms with Gasteiger partial charge in [-0.05, 0) is 19.1 Å². The highest BCUT2D eigenvalue weighted by molar-refractivity contribution is 5.94. The van der Waals surface area contributed by atoms with Crippen LogP contribution in [0.1, 0.15) is 45.4 Å². The monoisotopic (exact) mass is 396 g/mol. The number of halogens is 3. The van der Waals surface area contributed by atoms with Crippen molar-refractivity contribution in [3.05, 3.63) is 47.0 Å². The topological polar surface area (TPSA) is 77.3 Å². The summed E-state index contributed by atoms with van der Waals surface area (Å²) < 4.78 is 44.1. The summed E-state index contributed by atoms with van der Waals surface area (Å²) in [7, 11) is 0. The SMILES string of the molecule is CCOC(=O)c1nn(CCC(F)(F)F)c2c1CN(C(=O)c1cccnc1)CC2. The molecule has 10 heteroatoms. The molecule has 0 radical (unpaired) electrons. The molecule has 0 saturated heterocycles. The number of ether oxygens (including phenoxy) is 1. The molecule has 7 nitrogen and oxygen atoms in total. The van der Waals surface area contributed by atoms with Gasteiger partial charge in [-0.2, -0.15) is 18.3 Å². The summed E-state index contributed by atoms with van der Waals surface area (Å²) in [6.07, 6.45) is -2.10. The molecule has 0 atom stereocenters. The first kappa shape index (κ1) is 19.8. The lowest BCUT2D eigenvalue weighted by atomic mass is 10.0. The average molecular weight is 396 g/mol. The molecule has 0 spiro atoms. The summed E-state index contributed by atoms with van der Waals surface area (Å²) in [4.78, 5) is 30.4. The normalized spacial score (nSPS) is 13.9. The zero-order chi connectivity index (χ0) is 20.3. The number of aromatic nitrogens is 3. The number of rotatable bonds is 5. The Morgan fingerprint density at radius 1 is 1.32 bits per heavy atom. The van der Waals surface area contributed by atoms with Crippen LogP contribution in [-0.2, 0) is 24.2 Å². The first-order valence-electron chi connectivity index (χ1n) is 8.82.